The lowest BCUT2D eigenvalue weighted by molar-refractivity contribution is -0.116. The van der Waals surface area contributed by atoms with Crippen LogP contribution in [-0.4, -0.2) is 15.7 Å². The molecule has 0 bridgehead atoms. The van der Waals surface area contributed by atoms with Gasteiger partial charge in [0, 0.05) is 22.8 Å². The highest BCUT2D eigenvalue weighted by atomic mass is 32.1. The van der Waals surface area contributed by atoms with Crippen LogP contribution < -0.4 is 5.32 Å². The largest absolute Gasteiger partial charge is 0.311 e. The van der Waals surface area contributed by atoms with E-state index in [0.717, 1.165) is 10.4 Å². The summed E-state index contributed by atoms with van der Waals surface area (Å²) in [5, 5.41) is 9.29. The lowest BCUT2D eigenvalue weighted by Gasteiger charge is -2.24. The number of rotatable bonds is 3. The van der Waals surface area contributed by atoms with Crippen molar-refractivity contribution in [3.63, 3.8) is 0 Å². The van der Waals surface area contributed by atoms with E-state index in [9.17, 15) is 9.18 Å². The van der Waals surface area contributed by atoms with Crippen LogP contribution in [0.1, 0.15) is 28.3 Å². The van der Waals surface area contributed by atoms with Crippen LogP contribution in [0.5, 0.6) is 0 Å². The van der Waals surface area contributed by atoms with Crippen molar-refractivity contribution < 1.29 is 9.18 Å². The topological polar surface area (TPSA) is 46.9 Å². The van der Waals surface area contributed by atoms with Crippen LogP contribution >= 0.6 is 11.3 Å². The average molecular weight is 327 g/mol. The number of fused-ring (bicyclic) bond motifs is 1. The van der Waals surface area contributed by atoms with Gasteiger partial charge in [0.15, 0.2) is 0 Å². The summed E-state index contributed by atoms with van der Waals surface area (Å²) in [4.78, 5) is 13.3. The maximum Gasteiger partial charge on any atom is 0.226 e. The van der Waals surface area contributed by atoms with Crippen molar-refractivity contribution in [1.82, 2.24) is 9.78 Å². The Bertz CT molecular complexity index is 857. The third-order valence-electron chi connectivity index (χ3n) is 4.06. The predicted octanol–water partition coefficient (Wildman–Crippen LogP) is 3.61. The molecule has 1 aliphatic rings. The van der Waals surface area contributed by atoms with Gasteiger partial charge >= 0.3 is 0 Å². The summed E-state index contributed by atoms with van der Waals surface area (Å²) in [6.45, 7) is 0.595. The zero-order valence-corrected chi connectivity index (χ0v) is 13.0. The number of nitrogens with zero attached hydrogens (tertiary/aromatic N) is 2. The molecule has 1 atom stereocenters. The molecule has 0 aliphatic carbocycles. The van der Waals surface area contributed by atoms with Gasteiger partial charge in [-0.05, 0) is 23.1 Å². The second-order valence-electron chi connectivity index (χ2n) is 5.51. The van der Waals surface area contributed by atoms with E-state index in [0.29, 0.717) is 17.9 Å². The van der Waals surface area contributed by atoms with Gasteiger partial charge in [-0.3, -0.25) is 4.79 Å². The van der Waals surface area contributed by atoms with E-state index >= 15 is 0 Å². The van der Waals surface area contributed by atoms with E-state index in [-0.39, 0.29) is 24.1 Å². The summed E-state index contributed by atoms with van der Waals surface area (Å²) in [5.74, 6) is -0.0252. The van der Waals surface area contributed by atoms with Crippen molar-refractivity contribution in [2.45, 2.75) is 18.9 Å². The summed E-state index contributed by atoms with van der Waals surface area (Å²) in [5.41, 5.74) is 1.41. The molecule has 3 aromatic rings. The minimum Gasteiger partial charge on any atom is -0.311 e. The van der Waals surface area contributed by atoms with E-state index in [1.165, 1.54) is 6.07 Å². The van der Waals surface area contributed by atoms with E-state index < -0.39 is 0 Å². The normalized spacial score (nSPS) is 16.9. The Morgan fingerprint density at radius 3 is 2.91 bits per heavy atom. The molecular weight excluding hydrogens is 313 g/mol. The van der Waals surface area contributed by atoms with Crippen LogP contribution in [0.2, 0.25) is 0 Å². The predicted molar refractivity (Wildman–Crippen MR) is 87.1 cm³/mol. The lowest BCUT2D eigenvalue weighted by Crippen LogP contribution is -2.25. The van der Waals surface area contributed by atoms with Crippen molar-refractivity contribution in [3.05, 3.63) is 69.8 Å². The monoisotopic (exact) mass is 327 g/mol. The number of carbonyl (C=O) groups excluding carboxylic acids is 1. The Balaban J connectivity index is 1.75. The smallest absolute Gasteiger partial charge is 0.226 e. The Morgan fingerprint density at radius 2 is 2.13 bits per heavy atom. The van der Waals surface area contributed by atoms with Crippen molar-refractivity contribution in [3.8, 4) is 0 Å². The van der Waals surface area contributed by atoms with Gasteiger partial charge in [0.25, 0.3) is 0 Å². The molecule has 0 unspecified atom stereocenters. The second-order valence-corrected chi connectivity index (χ2v) is 6.54. The molecular formula is C17H14FN3OS. The fraction of sp³-hybridized carbons (Fsp3) is 0.176. The molecule has 0 radical (unpaired) electrons. The van der Waals surface area contributed by atoms with Crippen LogP contribution in [0.3, 0.4) is 0 Å². The summed E-state index contributed by atoms with van der Waals surface area (Å²) in [6.07, 6.45) is 1.97. The number of halogens is 1. The van der Waals surface area contributed by atoms with E-state index in [1.54, 1.807) is 40.4 Å². The SMILES string of the molecule is O=C1C[C@@H](c2ccccc2F)c2cnn(Cc3cccs3)c2N1. The van der Waals surface area contributed by atoms with Crippen LogP contribution in [-0.2, 0) is 11.3 Å². The number of thiophene rings is 1. The molecule has 6 heteroatoms. The number of aromatic nitrogens is 2. The zero-order valence-electron chi connectivity index (χ0n) is 12.2. The molecule has 1 aliphatic heterocycles. The molecule has 4 nitrogen and oxygen atoms in total. The minimum atomic E-state index is -0.294. The number of carbonyl (C=O) groups is 1. The van der Waals surface area contributed by atoms with Gasteiger partial charge in [-0.15, -0.1) is 11.3 Å². The second kappa shape index (κ2) is 5.62. The summed E-state index contributed by atoms with van der Waals surface area (Å²) < 4.78 is 15.9. The Kier molecular flexibility index (Phi) is 3.46. The standard InChI is InChI=1S/C17H14FN3OS/c18-15-6-2-1-5-12(15)13-8-16(22)20-17-14(13)9-19-21(17)10-11-4-3-7-23-11/h1-7,9,13H,8,10H2,(H,20,22)/t13-/m0/s1. The minimum absolute atomic E-state index is 0.112. The van der Waals surface area contributed by atoms with Crippen LogP contribution in [0.4, 0.5) is 10.2 Å². The molecule has 23 heavy (non-hydrogen) atoms. The first kappa shape index (κ1) is 14.1. The quantitative estimate of drug-likeness (QED) is 0.799. The van der Waals surface area contributed by atoms with E-state index in [4.69, 9.17) is 0 Å². The van der Waals surface area contributed by atoms with Crippen LogP contribution in [0.25, 0.3) is 0 Å². The third-order valence-corrected chi connectivity index (χ3v) is 4.92. The highest BCUT2D eigenvalue weighted by molar-refractivity contribution is 7.09. The maximum atomic E-state index is 14.1. The number of nitrogens with one attached hydrogen (secondary N) is 1. The molecule has 0 saturated carbocycles. The van der Waals surface area contributed by atoms with Crippen LogP contribution in [0, 0.1) is 5.82 Å². The average Bonchev–Trinajstić information content (AvgIpc) is 3.18. The molecule has 0 saturated heterocycles. The molecule has 116 valence electrons. The first-order chi connectivity index (χ1) is 11.2. The van der Waals surface area contributed by atoms with Crippen molar-refractivity contribution in [2.75, 3.05) is 5.32 Å². The first-order valence-electron chi connectivity index (χ1n) is 7.35. The van der Waals surface area contributed by atoms with Gasteiger partial charge in [0.1, 0.15) is 11.6 Å². The lowest BCUT2D eigenvalue weighted by atomic mass is 9.87. The molecule has 0 fully saturated rings. The van der Waals surface area contributed by atoms with Gasteiger partial charge in [0.05, 0.1) is 12.7 Å². The first-order valence-corrected chi connectivity index (χ1v) is 8.22. The van der Waals surface area contributed by atoms with Gasteiger partial charge in [-0.25, -0.2) is 9.07 Å². The Morgan fingerprint density at radius 1 is 1.26 bits per heavy atom. The summed E-state index contributed by atoms with van der Waals surface area (Å²) in [7, 11) is 0. The van der Waals surface area contributed by atoms with Gasteiger partial charge in [-0.1, -0.05) is 24.3 Å². The molecule has 4 rings (SSSR count). The number of hydrogen-bond donors (Lipinski definition) is 1. The molecule has 3 heterocycles. The van der Waals surface area contributed by atoms with Gasteiger partial charge in [-0.2, -0.15) is 5.10 Å². The third kappa shape index (κ3) is 2.55. The van der Waals surface area contributed by atoms with Crippen molar-refractivity contribution in [1.29, 1.82) is 0 Å². The number of hydrogen-bond acceptors (Lipinski definition) is 3. The van der Waals surface area contributed by atoms with Gasteiger partial charge < -0.3 is 5.32 Å². The van der Waals surface area contributed by atoms with Crippen molar-refractivity contribution >= 4 is 23.1 Å². The summed E-state index contributed by atoms with van der Waals surface area (Å²) >= 11 is 1.64. The maximum absolute atomic E-state index is 14.1. The molecule has 1 N–H and O–H groups in total. The van der Waals surface area contributed by atoms with E-state index in [2.05, 4.69) is 10.4 Å². The molecule has 2 aromatic heterocycles. The van der Waals surface area contributed by atoms with Crippen molar-refractivity contribution in [2.24, 2.45) is 0 Å². The number of amides is 1. The van der Waals surface area contributed by atoms with Gasteiger partial charge in [0.2, 0.25) is 5.91 Å². The van der Waals surface area contributed by atoms with Crippen LogP contribution in [0.15, 0.2) is 48.0 Å². The van der Waals surface area contributed by atoms with E-state index in [1.807, 2.05) is 17.5 Å². The molecule has 0 spiro atoms. The fourth-order valence-corrected chi connectivity index (χ4v) is 3.66. The highest BCUT2D eigenvalue weighted by Gasteiger charge is 2.31. The Hall–Kier alpha value is -2.47. The Labute approximate surface area is 136 Å². The summed E-state index contributed by atoms with van der Waals surface area (Å²) in [6, 6.07) is 10.6. The number of benzene rings is 1. The zero-order chi connectivity index (χ0) is 15.8. The fourth-order valence-electron chi connectivity index (χ4n) is 2.98. The highest BCUT2D eigenvalue weighted by Crippen LogP contribution is 2.38. The number of anilines is 1. The molecule has 1 aromatic carbocycles. The molecule has 1 amide bonds.